The molecule has 0 spiro atoms. The maximum atomic E-state index is 12.7. The molecule has 5 nitrogen and oxygen atoms in total. The Morgan fingerprint density at radius 1 is 0.516 bits per heavy atom. The molecule has 7 heteroatoms. The van der Waals surface area contributed by atoms with Crippen molar-refractivity contribution in [3.63, 3.8) is 0 Å². The Morgan fingerprint density at radius 2 is 0.806 bits per heavy atom. The summed E-state index contributed by atoms with van der Waals surface area (Å²) in [6.45, 7) is 12.7. The van der Waals surface area contributed by atoms with Crippen molar-refractivity contribution in [2.75, 3.05) is 0 Å². The summed E-state index contributed by atoms with van der Waals surface area (Å²) >= 11 is -7.49. The van der Waals surface area contributed by atoms with Gasteiger partial charge in [0.25, 0.3) is 0 Å². The molecule has 0 aromatic carbocycles. The van der Waals surface area contributed by atoms with Gasteiger partial charge in [0, 0.05) is 0 Å². The zero-order chi connectivity index (χ0) is 23.6. The predicted octanol–water partition coefficient (Wildman–Crippen LogP) is 7.77. The summed E-state index contributed by atoms with van der Waals surface area (Å²) in [5.41, 5.74) is 0. The molecule has 0 N–H and O–H groups in total. The summed E-state index contributed by atoms with van der Waals surface area (Å²) in [4.78, 5) is 25.4. The van der Waals surface area contributed by atoms with Crippen molar-refractivity contribution >= 4 is 50.3 Å². The first-order valence-corrected chi connectivity index (χ1v) is 25.7. The van der Waals surface area contributed by atoms with E-state index in [9.17, 15) is 9.59 Å². The van der Waals surface area contributed by atoms with Crippen LogP contribution in [-0.2, 0) is 17.1 Å². The van der Waals surface area contributed by atoms with Gasteiger partial charge in [-0.1, -0.05) is 0 Å². The van der Waals surface area contributed by atoms with Gasteiger partial charge in [-0.05, 0) is 0 Å². The Labute approximate surface area is 202 Å². The standard InChI is InChI=1S/2C4H8O2.4C4H9.O.2Sn/c2*1-2-3-4(5)6;4*1-3-4-2;;;/h2*2-3H2,1H3,(H,5,6);4*1,3-4H2,2H3;;;/q;;;;;;;2*+1/p-2. The minimum atomic E-state index is -3.75. The number of unbranched alkanes of at least 4 members (excludes halogenated alkanes) is 4. The van der Waals surface area contributed by atoms with Crippen LogP contribution in [0.1, 0.15) is 119 Å². The van der Waals surface area contributed by atoms with E-state index in [-0.39, 0.29) is 11.9 Å². The van der Waals surface area contributed by atoms with Crippen molar-refractivity contribution in [3.8, 4) is 0 Å². The molecule has 0 aromatic heterocycles. The molecule has 0 aromatic rings. The Bertz CT molecular complexity index is 427. The molecule has 0 atom stereocenters. The summed E-state index contributed by atoms with van der Waals surface area (Å²) in [5, 5.41) is 0. The van der Waals surface area contributed by atoms with Gasteiger partial charge in [-0.3, -0.25) is 0 Å². The molecule has 0 heterocycles. The molecule has 0 unspecified atom stereocenters. The first-order chi connectivity index (χ1) is 14.9. The van der Waals surface area contributed by atoms with Crippen LogP contribution in [0, 0.1) is 0 Å². The molecule has 0 aliphatic rings. The molecule has 0 aliphatic heterocycles. The minimum absolute atomic E-state index is 0.100. The first-order valence-electron chi connectivity index (χ1n) is 13.0. The Hall–Kier alpha value is 0.497. The topological polar surface area (TPSA) is 61.8 Å². The molecular weight excluding hydrogens is 606 g/mol. The van der Waals surface area contributed by atoms with Gasteiger partial charge >= 0.3 is 204 Å². The molecule has 0 saturated carbocycles. The van der Waals surface area contributed by atoms with Crippen molar-refractivity contribution in [3.05, 3.63) is 0 Å². The average molecular weight is 656 g/mol. The second-order valence-corrected chi connectivity index (χ2v) is 30.5. The Morgan fingerprint density at radius 3 is 1.03 bits per heavy atom. The maximum absolute atomic E-state index is 12.7. The van der Waals surface area contributed by atoms with Gasteiger partial charge in [0.15, 0.2) is 0 Å². The van der Waals surface area contributed by atoms with Crippen LogP contribution in [0.25, 0.3) is 0 Å². The fraction of sp³-hybridized carbons (Fsp3) is 0.917. The van der Waals surface area contributed by atoms with Crippen LogP contribution in [-0.4, -0.2) is 50.3 Å². The summed E-state index contributed by atoms with van der Waals surface area (Å²) in [6, 6.07) is 0. The van der Waals surface area contributed by atoms with Crippen LogP contribution in [0.2, 0.25) is 17.7 Å². The van der Waals surface area contributed by atoms with Crippen LogP contribution in [0.15, 0.2) is 0 Å². The molecule has 184 valence electrons. The third kappa shape index (κ3) is 13.7. The van der Waals surface area contributed by atoms with Crippen molar-refractivity contribution in [2.45, 2.75) is 136 Å². The quantitative estimate of drug-likeness (QED) is 0.125. The summed E-state index contributed by atoms with van der Waals surface area (Å²) in [5.74, 6) is -0.201. The number of carbonyl (C=O) groups excluding carboxylic acids is 2. The van der Waals surface area contributed by atoms with E-state index >= 15 is 0 Å². The fourth-order valence-electron chi connectivity index (χ4n) is 3.75. The van der Waals surface area contributed by atoms with Crippen LogP contribution in [0.5, 0.6) is 0 Å². The van der Waals surface area contributed by atoms with E-state index in [4.69, 9.17) is 7.56 Å². The number of hydrogen-bond donors (Lipinski definition) is 0. The number of carbonyl (C=O) groups is 2. The molecule has 0 aliphatic carbocycles. The second-order valence-electron chi connectivity index (χ2n) is 8.79. The predicted molar refractivity (Wildman–Crippen MR) is 133 cm³/mol. The van der Waals surface area contributed by atoms with Gasteiger partial charge in [0.2, 0.25) is 0 Å². The summed E-state index contributed by atoms with van der Waals surface area (Å²) in [7, 11) is 0. The van der Waals surface area contributed by atoms with Crippen molar-refractivity contribution in [1.82, 2.24) is 0 Å². The van der Waals surface area contributed by atoms with Gasteiger partial charge in [-0.15, -0.1) is 0 Å². The van der Waals surface area contributed by atoms with Gasteiger partial charge < -0.3 is 0 Å². The van der Waals surface area contributed by atoms with E-state index < -0.39 is 38.4 Å². The third-order valence-corrected chi connectivity index (χ3v) is 38.0. The van der Waals surface area contributed by atoms with Crippen molar-refractivity contribution in [2.24, 2.45) is 0 Å². The molecule has 0 amide bonds. The molecule has 0 rings (SSSR count). The van der Waals surface area contributed by atoms with Crippen LogP contribution in [0.4, 0.5) is 0 Å². The van der Waals surface area contributed by atoms with Gasteiger partial charge in [-0.25, -0.2) is 0 Å². The van der Waals surface area contributed by atoms with Crippen molar-refractivity contribution in [1.29, 1.82) is 0 Å². The van der Waals surface area contributed by atoms with Gasteiger partial charge in [-0.2, -0.15) is 0 Å². The van der Waals surface area contributed by atoms with E-state index in [1.165, 1.54) is 0 Å². The molecule has 0 fully saturated rings. The zero-order valence-corrected chi connectivity index (χ0v) is 27.1. The zero-order valence-electron chi connectivity index (χ0n) is 21.4. The van der Waals surface area contributed by atoms with E-state index in [1.807, 2.05) is 13.8 Å². The van der Waals surface area contributed by atoms with Crippen LogP contribution in [0.3, 0.4) is 0 Å². The van der Waals surface area contributed by atoms with Crippen LogP contribution >= 0.6 is 0 Å². The van der Waals surface area contributed by atoms with E-state index in [0.717, 1.165) is 82.0 Å². The van der Waals surface area contributed by atoms with E-state index in [0.29, 0.717) is 12.8 Å². The Balaban J connectivity index is 6.13. The SMILES string of the molecule is CCC[CH2][Sn]([CH2]CCC)([O]C(=O)CCC)[O][Sn]([CH2]CCC)([CH2]CCC)[O]C(=O)CCC. The third-order valence-electron chi connectivity index (χ3n) is 5.52. The van der Waals surface area contributed by atoms with Gasteiger partial charge in [0.1, 0.15) is 0 Å². The molecule has 31 heavy (non-hydrogen) atoms. The number of hydrogen-bond acceptors (Lipinski definition) is 5. The molecule has 0 saturated heterocycles. The van der Waals surface area contributed by atoms with Gasteiger partial charge in [0.05, 0.1) is 0 Å². The van der Waals surface area contributed by atoms with E-state index in [2.05, 4.69) is 27.7 Å². The summed E-state index contributed by atoms with van der Waals surface area (Å²) < 4.78 is 23.5. The molecular formula is C24H50O5Sn2. The van der Waals surface area contributed by atoms with Crippen LogP contribution < -0.4 is 0 Å². The van der Waals surface area contributed by atoms with E-state index in [1.54, 1.807) is 0 Å². The van der Waals surface area contributed by atoms with Crippen molar-refractivity contribution < 1.29 is 17.1 Å². The normalized spacial score (nSPS) is 12.1. The monoisotopic (exact) mass is 658 g/mol. The number of rotatable bonds is 20. The molecule has 0 bridgehead atoms. The fourth-order valence-corrected chi connectivity index (χ4v) is 45.2. The summed E-state index contributed by atoms with van der Waals surface area (Å²) in [6.07, 6.45) is 10.8. The molecule has 0 radical (unpaired) electrons. The first kappa shape index (κ1) is 31.5. The Kier molecular flexibility index (Phi) is 19.2. The second kappa shape index (κ2) is 18.9. The average Bonchev–Trinajstić information content (AvgIpc) is 2.73.